The van der Waals surface area contributed by atoms with Crippen molar-refractivity contribution >= 4 is 34.5 Å². The SMILES string of the molecule is Cc1cccnc1NC(=O)c1ccc(CSc2nc3ccccc3[nH]2)cc1. The summed E-state index contributed by atoms with van der Waals surface area (Å²) in [6, 6.07) is 19.4. The second-order valence-electron chi connectivity index (χ2n) is 6.17. The average molecular weight is 374 g/mol. The number of aromatic amines is 1. The van der Waals surface area contributed by atoms with Gasteiger partial charge in [0, 0.05) is 17.5 Å². The number of anilines is 1. The van der Waals surface area contributed by atoms with Crippen LogP contribution in [0, 0.1) is 6.92 Å². The third kappa shape index (κ3) is 4.01. The number of amides is 1. The Hall–Kier alpha value is -3.12. The van der Waals surface area contributed by atoms with Gasteiger partial charge in [-0.2, -0.15) is 0 Å². The van der Waals surface area contributed by atoms with Crippen molar-refractivity contribution < 1.29 is 4.79 Å². The maximum absolute atomic E-state index is 12.4. The molecule has 6 heteroatoms. The Balaban J connectivity index is 1.39. The lowest BCUT2D eigenvalue weighted by Crippen LogP contribution is -2.13. The van der Waals surface area contributed by atoms with Crippen molar-refractivity contribution in [3.63, 3.8) is 0 Å². The summed E-state index contributed by atoms with van der Waals surface area (Å²) in [6.07, 6.45) is 1.67. The van der Waals surface area contributed by atoms with Crippen LogP contribution in [0.15, 0.2) is 72.0 Å². The van der Waals surface area contributed by atoms with Gasteiger partial charge in [0.1, 0.15) is 5.82 Å². The molecule has 0 radical (unpaired) electrons. The molecule has 2 N–H and O–H groups in total. The quantitative estimate of drug-likeness (QED) is 0.492. The molecule has 0 spiro atoms. The molecule has 2 aromatic heterocycles. The van der Waals surface area contributed by atoms with Gasteiger partial charge in [-0.1, -0.05) is 42.1 Å². The molecule has 0 saturated heterocycles. The van der Waals surface area contributed by atoms with Crippen molar-refractivity contribution in [2.75, 3.05) is 5.32 Å². The lowest BCUT2D eigenvalue weighted by molar-refractivity contribution is 0.102. The zero-order valence-electron chi connectivity index (χ0n) is 14.8. The maximum atomic E-state index is 12.4. The number of aromatic nitrogens is 3. The van der Waals surface area contributed by atoms with Gasteiger partial charge in [-0.3, -0.25) is 4.79 Å². The highest BCUT2D eigenvalue weighted by molar-refractivity contribution is 7.98. The Morgan fingerprint density at radius 2 is 1.89 bits per heavy atom. The molecule has 134 valence electrons. The molecule has 0 aliphatic rings. The third-order valence-corrected chi connectivity index (χ3v) is 5.15. The van der Waals surface area contributed by atoms with Crippen molar-refractivity contribution in [2.24, 2.45) is 0 Å². The fraction of sp³-hybridized carbons (Fsp3) is 0.0952. The molecule has 4 aromatic rings. The summed E-state index contributed by atoms with van der Waals surface area (Å²) in [4.78, 5) is 24.5. The van der Waals surface area contributed by atoms with Crippen LogP contribution < -0.4 is 5.32 Å². The number of aryl methyl sites for hydroxylation is 1. The number of hydrogen-bond acceptors (Lipinski definition) is 4. The van der Waals surface area contributed by atoms with E-state index >= 15 is 0 Å². The van der Waals surface area contributed by atoms with E-state index in [0.717, 1.165) is 33.1 Å². The predicted octanol–water partition coefficient (Wildman–Crippen LogP) is 4.81. The molecule has 0 fully saturated rings. The van der Waals surface area contributed by atoms with E-state index in [1.54, 1.807) is 18.0 Å². The first-order chi connectivity index (χ1) is 13.2. The second kappa shape index (κ2) is 7.63. The molecule has 0 unspecified atom stereocenters. The summed E-state index contributed by atoms with van der Waals surface area (Å²) in [5.41, 5.74) is 4.68. The fourth-order valence-electron chi connectivity index (χ4n) is 2.70. The molecule has 4 rings (SSSR count). The molecular weight excluding hydrogens is 356 g/mol. The molecule has 0 bridgehead atoms. The van der Waals surface area contributed by atoms with Crippen LogP contribution in [0.5, 0.6) is 0 Å². The van der Waals surface area contributed by atoms with Gasteiger partial charge in [0.25, 0.3) is 5.91 Å². The molecule has 2 heterocycles. The number of benzene rings is 2. The Labute approximate surface area is 161 Å². The minimum Gasteiger partial charge on any atom is -0.333 e. The summed E-state index contributed by atoms with van der Waals surface area (Å²) in [7, 11) is 0. The van der Waals surface area contributed by atoms with E-state index in [0.29, 0.717) is 11.4 Å². The number of nitrogens with zero attached hydrogens (tertiary/aromatic N) is 2. The van der Waals surface area contributed by atoms with Gasteiger partial charge >= 0.3 is 0 Å². The Morgan fingerprint density at radius 3 is 2.67 bits per heavy atom. The highest BCUT2D eigenvalue weighted by atomic mass is 32.2. The molecule has 5 nitrogen and oxygen atoms in total. The van der Waals surface area contributed by atoms with E-state index in [4.69, 9.17) is 0 Å². The predicted molar refractivity (Wildman–Crippen MR) is 109 cm³/mol. The van der Waals surface area contributed by atoms with Gasteiger partial charge in [-0.25, -0.2) is 9.97 Å². The summed E-state index contributed by atoms with van der Waals surface area (Å²) >= 11 is 1.64. The second-order valence-corrected chi connectivity index (χ2v) is 7.13. The number of H-pyrrole nitrogens is 1. The summed E-state index contributed by atoms with van der Waals surface area (Å²) in [6.45, 7) is 1.92. The zero-order valence-corrected chi connectivity index (χ0v) is 15.6. The minimum absolute atomic E-state index is 0.159. The number of rotatable bonds is 5. The number of pyridine rings is 1. The minimum atomic E-state index is -0.159. The lowest BCUT2D eigenvalue weighted by Gasteiger charge is -2.07. The number of carbonyl (C=O) groups excluding carboxylic acids is 1. The molecule has 1 amide bonds. The van der Waals surface area contributed by atoms with E-state index in [1.807, 2.05) is 67.6 Å². The van der Waals surface area contributed by atoms with E-state index in [-0.39, 0.29) is 5.91 Å². The third-order valence-electron chi connectivity index (χ3n) is 4.20. The maximum Gasteiger partial charge on any atom is 0.256 e. The van der Waals surface area contributed by atoms with Crippen molar-refractivity contribution in [3.8, 4) is 0 Å². The summed E-state index contributed by atoms with van der Waals surface area (Å²) in [5, 5.41) is 3.74. The van der Waals surface area contributed by atoms with Crippen LogP contribution >= 0.6 is 11.8 Å². The molecule has 27 heavy (non-hydrogen) atoms. The van der Waals surface area contributed by atoms with Crippen LogP contribution in [0.4, 0.5) is 5.82 Å². The standard InChI is InChI=1S/C21H18N4OS/c1-14-5-4-12-22-19(14)25-20(26)16-10-8-15(9-11-16)13-27-21-23-17-6-2-3-7-18(17)24-21/h2-12H,13H2,1H3,(H,23,24)(H,22,25,26). The van der Waals surface area contributed by atoms with Gasteiger partial charge in [0.15, 0.2) is 5.16 Å². The highest BCUT2D eigenvalue weighted by Crippen LogP contribution is 2.23. The molecule has 0 saturated carbocycles. The van der Waals surface area contributed by atoms with E-state index in [9.17, 15) is 4.79 Å². The lowest BCUT2D eigenvalue weighted by atomic mass is 10.1. The average Bonchev–Trinajstić information content (AvgIpc) is 3.11. The number of thioether (sulfide) groups is 1. The van der Waals surface area contributed by atoms with Gasteiger partial charge in [0.2, 0.25) is 0 Å². The van der Waals surface area contributed by atoms with Crippen LogP contribution in [-0.4, -0.2) is 20.9 Å². The first-order valence-electron chi connectivity index (χ1n) is 8.58. The van der Waals surface area contributed by atoms with Crippen LogP contribution in [0.3, 0.4) is 0 Å². The number of hydrogen-bond donors (Lipinski definition) is 2. The van der Waals surface area contributed by atoms with E-state index < -0.39 is 0 Å². The van der Waals surface area contributed by atoms with Gasteiger partial charge in [-0.15, -0.1) is 0 Å². The number of para-hydroxylation sites is 2. The van der Waals surface area contributed by atoms with E-state index in [2.05, 4.69) is 20.3 Å². The van der Waals surface area contributed by atoms with Crippen molar-refractivity contribution in [1.82, 2.24) is 15.0 Å². The first kappa shape index (κ1) is 17.3. The summed E-state index contributed by atoms with van der Waals surface area (Å²) < 4.78 is 0. The number of nitrogens with one attached hydrogen (secondary N) is 2. The van der Waals surface area contributed by atoms with Crippen LogP contribution in [0.25, 0.3) is 11.0 Å². The van der Waals surface area contributed by atoms with E-state index in [1.165, 1.54) is 0 Å². The van der Waals surface area contributed by atoms with Crippen molar-refractivity contribution in [1.29, 1.82) is 0 Å². The Morgan fingerprint density at radius 1 is 1.07 bits per heavy atom. The van der Waals surface area contributed by atoms with Crippen molar-refractivity contribution in [2.45, 2.75) is 17.8 Å². The smallest absolute Gasteiger partial charge is 0.256 e. The zero-order chi connectivity index (χ0) is 18.6. The Kier molecular flexibility index (Phi) is 4.89. The first-order valence-corrected chi connectivity index (χ1v) is 9.57. The molecule has 0 aliphatic carbocycles. The number of imidazole rings is 1. The van der Waals surface area contributed by atoms with Crippen LogP contribution in [0.2, 0.25) is 0 Å². The highest BCUT2D eigenvalue weighted by Gasteiger charge is 2.09. The van der Waals surface area contributed by atoms with Gasteiger partial charge in [0.05, 0.1) is 11.0 Å². The number of carbonyl (C=O) groups is 1. The molecule has 0 aliphatic heterocycles. The normalized spacial score (nSPS) is 10.9. The topological polar surface area (TPSA) is 70.7 Å². The van der Waals surface area contributed by atoms with Gasteiger partial charge < -0.3 is 10.3 Å². The monoisotopic (exact) mass is 374 g/mol. The summed E-state index contributed by atoms with van der Waals surface area (Å²) in [5.74, 6) is 1.21. The fourth-order valence-corrected chi connectivity index (χ4v) is 3.54. The molecular formula is C21H18N4OS. The van der Waals surface area contributed by atoms with Crippen LogP contribution in [0.1, 0.15) is 21.5 Å². The van der Waals surface area contributed by atoms with Crippen molar-refractivity contribution in [3.05, 3.63) is 83.6 Å². The molecule has 2 aromatic carbocycles. The number of fused-ring (bicyclic) bond motifs is 1. The van der Waals surface area contributed by atoms with Gasteiger partial charge in [-0.05, 0) is 48.4 Å². The largest absolute Gasteiger partial charge is 0.333 e. The van der Waals surface area contributed by atoms with Crippen LogP contribution in [-0.2, 0) is 5.75 Å². The molecule has 0 atom stereocenters. The Bertz CT molecular complexity index is 1060.